The molecule has 2 rings (SSSR count). The number of esters is 1. The Morgan fingerprint density at radius 2 is 1.93 bits per heavy atom. The molecule has 0 saturated heterocycles. The van der Waals surface area contributed by atoms with Gasteiger partial charge in [0, 0.05) is 31.0 Å². The lowest BCUT2D eigenvalue weighted by molar-refractivity contribution is -0.145. The standard InChI is InChI=1S/C19H23NO8/c1-24-6-7-27-11-17(21)20-15(19(23)26-3)8-12-9-18(22)28-16-10-13(25-2)4-5-14(12)16/h4-5,9-10,15H,6-8,11H2,1-3H3,(H,20,21)/t15-/m0/s1. The van der Waals surface area contributed by atoms with E-state index in [2.05, 4.69) is 5.32 Å². The SMILES string of the molecule is COCCOCC(=O)N[C@@H](Cc1cc(=O)oc2cc(OC)ccc12)C(=O)OC. The Hall–Kier alpha value is -2.91. The summed E-state index contributed by atoms with van der Waals surface area (Å²) in [6, 6.07) is 5.30. The van der Waals surface area contributed by atoms with E-state index in [-0.39, 0.29) is 19.6 Å². The average Bonchev–Trinajstić information content (AvgIpc) is 2.69. The zero-order chi connectivity index (χ0) is 20.5. The van der Waals surface area contributed by atoms with Crippen molar-refractivity contribution in [3.05, 3.63) is 40.2 Å². The molecule has 0 aliphatic rings. The lowest BCUT2D eigenvalue weighted by Gasteiger charge is -2.17. The monoisotopic (exact) mass is 393 g/mol. The molecule has 1 amide bonds. The Balaban J connectivity index is 2.21. The van der Waals surface area contributed by atoms with Crippen molar-refractivity contribution in [2.75, 3.05) is 41.2 Å². The Morgan fingerprint density at radius 1 is 1.14 bits per heavy atom. The summed E-state index contributed by atoms with van der Waals surface area (Å²) in [5, 5.41) is 3.19. The Bertz CT molecular complexity index is 876. The first-order valence-corrected chi connectivity index (χ1v) is 8.53. The van der Waals surface area contributed by atoms with Crippen LogP contribution in [0, 0.1) is 0 Å². The van der Waals surface area contributed by atoms with E-state index >= 15 is 0 Å². The van der Waals surface area contributed by atoms with Crippen LogP contribution >= 0.6 is 0 Å². The zero-order valence-electron chi connectivity index (χ0n) is 16.0. The van der Waals surface area contributed by atoms with E-state index in [0.29, 0.717) is 28.9 Å². The molecule has 1 aromatic heterocycles. The first kappa shape index (κ1) is 21.4. The zero-order valence-corrected chi connectivity index (χ0v) is 16.0. The van der Waals surface area contributed by atoms with Gasteiger partial charge < -0.3 is 28.7 Å². The number of fused-ring (bicyclic) bond motifs is 1. The van der Waals surface area contributed by atoms with Gasteiger partial charge in [-0.1, -0.05) is 0 Å². The van der Waals surface area contributed by atoms with Crippen LogP contribution in [-0.4, -0.2) is 59.1 Å². The Labute approximate surface area is 161 Å². The van der Waals surface area contributed by atoms with Crippen LogP contribution in [0.25, 0.3) is 11.0 Å². The molecule has 28 heavy (non-hydrogen) atoms. The molecule has 152 valence electrons. The fraction of sp³-hybridized carbons (Fsp3) is 0.421. The van der Waals surface area contributed by atoms with Crippen LogP contribution in [0.5, 0.6) is 5.75 Å². The summed E-state index contributed by atoms with van der Waals surface area (Å²) in [4.78, 5) is 36.1. The molecular formula is C19H23NO8. The van der Waals surface area contributed by atoms with Gasteiger partial charge in [0.15, 0.2) is 0 Å². The van der Waals surface area contributed by atoms with E-state index in [4.69, 9.17) is 23.4 Å². The number of nitrogens with one attached hydrogen (secondary N) is 1. The minimum absolute atomic E-state index is 0.0465. The molecule has 0 radical (unpaired) electrons. The highest BCUT2D eigenvalue weighted by Crippen LogP contribution is 2.23. The van der Waals surface area contributed by atoms with Gasteiger partial charge in [-0.15, -0.1) is 0 Å². The highest BCUT2D eigenvalue weighted by molar-refractivity contribution is 5.87. The molecule has 2 aromatic rings. The largest absolute Gasteiger partial charge is 0.497 e. The van der Waals surface area contributed by atoms with Gasteiger partial charge in [-0.25, -0.2) is 9.59 Å². The third kappa shape index (κ3) is 5.80. The summed E-state index contributed by atoms with van der Waals surface area (Å²) in [5.74, 6) is -0.598. The summed E-state index contributed by atoms with van der Waals surface area (Å²) < 4.78 is 25.1. The van der Waals surface area contributed by atoms with Gasteiger partial charge in [0.1, 0.15) is 24.0 Å². The van der Waals surface area contributed by atoms with Crippen molar-refractivity contribution in [2.24, 2.45) is 0 Å². The predicted molar refractivity (Wildman–Crippen MR) is 99.4 cm³/mol. The smallest absolute Gasteiger partial charge is 0.336 e. The van der Waals surface area contributed by atoms with E-state index in [1.165, 1.54) is 27.4 Å². The lowest BCUT2D eigenvalue weighted by Crippen LogP contribution is -2.44. The fourth-order valence-electron chi connectivity index (χ4n) is 2.60. The van der Waals surface area contributed by atoms with Crippen molar-refractivity contribution in [3.63, 3.8) is 0 Å². The molecule has 0 spiro atoms. The lowest BCUT2D eigenvalue weighted by atomic mass is 10.0. The molecule has 1 heterocycles. The number of benzene rings is 1. The quantitative estimate of drug-likeness (QED) is 0.356. The summed E-state index contributed by atoms with van der Waals surface area (Å²) in [6.45, 7) is 0.369. The number of amides is 1. The summed E-state index contributed by atoms with van der Waals surface area (Å²) >= 11 is 0. The molecule has 0 bridgehead atoms. The van der Waals surface area contributed by atoms with Gasteiger partial charge in [-0.3, -0.25) is 4.79 Å². The Kier molecular flexibility index (Phi) is 7.97. The molecule has 0 unspecified atom stereocenters. The predicted octanol–water partition coefficient (Wildman–Crippen LogP) is 0.665. The molecule has 1 atom stereocenters. The molecule has 0 aliphatic heterocycles. The maximum absolute atomic E-state index is 12.1. The molecular weight excluding hydrogens is 370 g/mol. The van der Waals surface area contributed by atoms with Gasteiger partial charge >= 0.3 is 11.6 Å². The van der Waals surface area contributed by atoms with E-state index in [9.17, 15) is 14.4 Å². The summed E-state index contributed by atoms with van der Waals surface area (Å²) in [6.07, 6.45) is 0.0465. The second-order valence-corrected chi connectivity index (χ2v) is 5.85. The summed E-state index contributed by atoms with van der Waals surface area (Å²) in [7, 11) is 4.24. The molecule has 9 heteroatoms. The maximum Gasteiger partial charge on any atom is 0.336 e. The molecule has 0 saturated carbocycles. The number of rotatable bonds is 10. The third-order valence-corrected chi connectivity index (χ3v) is 3.95. The van der Waals surface area contributed by atoms with Crippen molar-refractivity contribution in [2.45, 2.75) is 12.5 Å². The van der Waals surface area contributed by atoms with Crippen LogP contribution in [0.2, 0.25) is 0 Å². The van der Waals surface area contributed by atoms with Gasteiger partial charge in [-0.2, -0.15) is 0 Å². The topological polar surface area (TPSA) is 113 Å². The molecule has 0 aliphatic carbocycles. The molecule has 1 aromatic carbocycles. The number of hydrogen-bond acceptors (Lipinski definition) is 8. The maximum atomic E-state index is 12.1. The normalized spacial score (nSPS) is 11.8. The first-order valence-electron chi connectivity index (χ1n) is 8.53. The van der Waals surface area contributed by atoms with Crippen molar-refractivity contribution in [3.8, 4) is 5.75 Å². The molecule has 1 N–H and O–H groups in total. The van der Waals surface area contributed by atoms with Crippen molar-refractivity contribution >= 4 is 22.8 Å². The molecule has 0 fully saturated rings. The van der Waals surface area contributed by atoms with Crippen LogP contribution in [0.15, 0.2) is 33.5 Å². The number of hydrogen-bond donors (Lipinski definition) is 1. The minimum Gasteiger partial charge on any atom is -0.497 e. The summed E-state index contributed by atoms with van der Waals surface area (Å²) in [5.41, 5.74) is 0.276. The van der Waals surface area contributed by atoms with E-state index in [1.807, 2.05) is 0 Å². The minimum atomic E-state index is -0.990. The average molecular weight is 393 g/mol. The Morgan fingerprint density at radius 3 is 2.61 bits per heavy atom. The third-order valence-electron chi connectivity index (χ3n) is 3.95. The van der Waals surface area contributed by atoms with Crippen molar-refractivity contribution in [1.82, 2.24) is 5.32 Å². The number of carbonyl (C=O) groups excluding carboxylic acids is 2. The van der Waals surface area contributed by atoms with E-state index < -0.39 is 23.5 Å². The van der Waals surface area contributed by atoms with E-state index in [1.54, 1.807) is 18.2 Å². The van der Waals surface area contributed by atoms with Gasteiger partial charge in [-0.05, 0) is 17.7 Å². The number of ether oxygens (including phenoxy) is 4. The number of methoxy groups -OCH3 is 3. The highest BCUT2D eigenvalue weighted by Gasteiger charge is 2.23. The van der Waals surface area contributed by atoms with Crippen molar-refractivity contribution in [1.29, 1.82) is 0 Å². The van der Waals surface area contributed by atoms with Crippen LogP contribution in [-0.2, 0) is 30.2 Å². The van der Waals surface area contributed by atoms with Crippen LogP contribution < -0.4 is 15.7 Å². The second-order valence-electron chi connectivity index (χ2n) is 5.85. The van der Waals surface area contributed by atoms with Gasteiger partial charge in [0.05, 0.1) is 27.4 Å². The first-order chi connectivity index (χ1) is 13.5. The number of carbonyl (C=O) groups is 2. The van der Waals surface area contributed by atoms with Crippen LogP contribution in [0.4, 0.5) is 0 Å². The van der Waals surface area contributed by atoms with Crippen LogP contribution in [0.1, 0.15) is 5.56 Å². The van der Waals surface area contributed by atoms with Crippen LogP contribution in [0.3, 0.4) is 0 Å². The van der Waals surface area contributed by atoms with Crippen molar-refractivity contribution < 1.29 is 33.0 Å². The molecule has 9 nitrogen and oxygen atoms in total. The fourth-order valence-corrected chi connectivity index (χ4v) is 2.60. The second kappa shape index (κ2) is 10.4. The van der Waals surface area contributed by atoms with Gasteiger partial charge in [0.25, 0.3) is 0 Å². The highest BCUT2D eigenvalue weighted by atomic mass is 16.5. The van der Waals surface area contributed by atoms with Gasteiger partial charge in [0.2, 0.25) is 5.91 Å². The van der Waals surface area contributed by atoms with E-state index in [0.717, 1.165) is 0 Å².